The van der Waals surface area contributed by atoms with Crippen LogP contribution >= 0.6 is 12.4 Å². The first-order chi connectivity index (χ1) is 13.9. The molecule has 1 heterocycles. The number of hydrogen-bond donors (Lipinski definition) is 3. The molecule has 1 aromatic heterocycles. The van der Waals surface area contributed by atoms with Gasteiger partial charge in [0.1, 0.15) is 0 Å². The van der Waals surface area contributed by atoms with Crippen molar-refractivity contribution in [2.45, 2.75) is 24.9 Å². The Labute approximate surface area is 177 Å². The minimum absolute atomic E-state index is 0. The van der Waals surface area contributed by atoms with Gasteiger partial charge in [-0.1, -0.05) is 24.3 Å². The smallest absolute Gasteiger partial charge is 0.251 e. The molecule has 7 heteroatoms. The van der Waals surface area contributed by atoms with Crippen LogP contribution < -0.4 is 11.1 Å². The molecule has 5 rings (SSSR count). The summed E-state index contributed by atoms with van der Waals surface area (Å²) in [7, 11) is 0. The molecule has 154 valence electrons. The SMILES string of the molecule is Cl.NC1(c2cccc(C(=O)NCc3ccc4c(c3)[nH]c3cc(F)c(F)cc34)c2)CC1. The highest BCUT2D eigenvalue weighted by atomic mass is 35.5. The molecule has 0 spiro atoms. The summed E-state index contributed by atoms with van der Waals surface area (Å²) in [6.07, 6.45) is 1.88. The molecule has 1 fully saturated rings. The molecule has 0 aliphatic heterocycles. The monoisotopic (exact) mass is 427 g/mol. The second kappa shape index (κ2) is 7.38. The van der Waals surface area contributed by atoms with Gasteiger partial charge in [0.25, 0.3) is 5.91 Å². The first-order valence-electron chi connectivity index (χ1n) is 9.50. The van der Waals surface area contributed by atoms with Crippen molar-refractivity contribution in [3.8, 4) is 0 Å². The number of nitrogens with two attached hydrogens (primary N) is 1. The van der Waals surface area contributed by atoms with Gasteiger partial charge in [-0.2, -0.15) is 0 Å². The fourth-order valence-electron chi connectivity index (χ4n) is 3.74. The van der Waals surface area contributed by atoms with E-state index in [0.29, 0.717) is 23.0 Å². The maximum atomic E-state index is 13.6. The third-order valence-corrected chi connectivity index (χ3v) is 5.65. The van der Waals surface area contributed by atoms with E-state index < -0.39 is 11.6 Å². The van der Waals surface area contributed by atoms with Crippen molar-refractivity contribution < 1.29 is 13.6 Å². The summed E-state index contributed by atoms with van der Waals surface area (Å²) >= 11 is 0. The fourth-order valence-corrected chi connectivity index (χ4v) is 3.74. The van der Waals surface area contributed by atoms with Crippen LogP contribution in [0.4, 0.5) is 8.78 Å². The van der Waals surface area contributed by atoms with Crippen LogP contribution in [0.5, 0.6) is 0 Å². The number of rotatable bonds is 4. The number of carbonyl (C=O) groups excluding carboxylic acids is 1. The van der Waals surface area contributed by atoms with Gasteiger partial charge in [-0.15, -0.1) is 12.4 Å². The van der Waals surface area contributed by atoms with E-state index in [2.05, 4.69) is 10.3 Å². The van der Waals surface area contributed by atoms with Crippen molar-refractivity contribution >= 4 is 40.1 Å². The Morgan fingerprint density at radius 2 is 1.73 bits per heavy atom. The Bertz CT molecular complexity index is 1280. The van der Waals surface area contributed by atoms with Gasteiger partial charge in [0, 0.05) is 45.5 Å². The van der Waals surface area contributed by atoms with E-state index in [9.17, 15) is 13.6 Å². The Morgan fingerprint density at radius 1 is 1.00 bits per heavy atom. The van der Waals surface area contributed by atoms with E-state index in [0.717, 1.165) is 40.9 Å². The number of carbonyl (C=O) groups is 1. The molecule has 3 aromatic carbocycles. The highest BCUT2D eigenvalue weighted by Crippen LogP contribution is 2.42. The lowest BCUT2D eigenvalue weighted by Crippen LogP contribution is -2.24. The zero-order valence-corrected chi connectivity index (χ0v) is 16.8. The largest absolute Gasteiger partial charge is 0.354 e. The minimum Gasteiger partial charge on any atom is -0.354 e. The maximum Gasteiger partial charge on any atom is 0.251 e. The maximum absolute atomic E-state index is 13.6. The zero-order valence-electron chi connectivity index (χ0n) is 16.0. The number of fused-ring (bicyclic) bond motifs is 3. The lowest BCUT2D eigenvalue weighted by Gasteiger charge is -2.11. The number of hydrogen-bond acceptors (Lipinski definition) is 2. The summed E-state index contributed by atoms with van der Waals surface area (Å²) in [6, 6.07) is 15.4. The van der Waals surface area contributed by atoms with Crippen molar-refractivity contribution in [3.05, 3.63) is 82.9 Å². The Hall–Kier alpha value is -2.96. The van der Waals surface area contributed by atoms with Gasteiger partial charge in [-0.05, 0) is 48.2 Å². The van der Waals surface area contributed by atoms with E-state index >= 15 is 0 Å². The van der Waals surface area contributed by atoms with Crippen LogP contribution in [0, 0.1) is 11.6 Å². The molecular weight excluding hydrogens is 408 g/mol. The molecule has 0 atom stereocenters. The number of nitrogens with one attached hydrogen (secondary N) is 2. The van der Waals surface area contributed by atoms with Gasteiger partial charge < -0.3 is 16.0 Å². The van der Waals surface area contributed by atoms with E-state index in [1.807, 2.05) is 36.4 Å². The average molecular weight is 428 g/mol. The summed E-state index contributed by atoms with van der Waals surface area (Å²) in [4.78, 5) is 15.7. The Kier molecular flexibility index (Phi) is 5.00. The molecule has 0 bridgehead atoms. The molecule has 0 unspecified atom stereocenters. The summed E-state index contributed by atoms with van der Waals surface area (Å²) < 4.78 is 27.0. The van der Waals surface area contributed by atoms with E-state index in [4.69, 9.17) is 5.73 Å². The van der Waals surface area contributed by atoms with Gasteiger partial charge in [-0.25, -0.2) is 8.78 Å². The second-order valence-corrected chi connectivity index (χ2v) is 7.74. The van der Waals surface area contributed by atoms with Crippen LogP contribution in [0.15, 0.2) is 54.6 Å². The third kappa shape index (κ3) is 3.53. The lowest BCUT2D eigenvalue weighted by molar-refractivity contribution is 0.0951. The molecule has 0 radical (unpaired) electrons. The molecule has 1 aliphatic rings. The summed E-state index contributed by atoms with van der Waals surface area (Å²) in [6.45, 7) is 0.338. The third-order valence-electron chi connectivity index (χ3n) is 5.65. The van der Waals surface area contributed by atoms with Crippen LogP contribution in [0.25, 0.3) is 21.8 Å². The molecule has 1 amide bonds. The predicted molar refractivity (Wildman–Crippen MR) is 116 cm³/mol. The molecule has 4 aromatic rings. The zero-order chi connectivity index (χ0) is 20.2. The van der Waals surface area contributed by atoms with Crippen molar-refractivity contribution in [2.24, 2.45) is 5.73 Å². The molecule has 1 aliphatic carbocycles. The lowest BCUT2D eigenvalue weighted by atomic mass is 10.0. The predicted octanol–water partition coefficient (Wildman–Crippen LogP) is 4.90. The van der Waals surface area contributed by atoms with E-state index in [1.165, 1.54) is 6.07 Å². The Morgan fingerprint density at radius 3 is 2.50 bits per heavy atom. The first kappa shape index (κ1) is 20.3. The number of aromatic nitrogens is 1. The van der Waals surface area contributed by atoms with Crippen molar-refractivity contribution in [1.82, 2.24) is 10.3 Å². The molecule has 30 heavy (non-hydrogen) atoms. The van der Waals surface area contributed by atoms with Crippen molar-refractivity contribution in [2.75, 3.05) is 0 Å². The van der Waals surface area contributed by atoms with Crippen LogP contribution in [0.1, 0.15) is 34.3 Å². The van der Waals surface area contributed by atoms with Gasteiger partial charge in [0.2, 0.25) is 0 Å². The van der Waals surface area contributed by atoms with Crippen LogP contribution in [-0.4, -0.2) is 10.9 Å². The summed E-state index contributed by atoms with van der Waals surface area (Å²) in [5, 5.41) is 4.35. The average Bonchev–Trinajstić information content (AvgIpc) is 3.39. The Balaban J connectivity index is 0.00000218. The summed E-state index contributed by atoms with van der Waals surface area (Å²) in [5.74, 6) is -1.93. The van der Waals surface area contributed by atoms with Gasteiger partial charge in [0.05, 0.1) is 0 Å². The van der Waals surface area contributed by atoms with Crippen LogP contribution in [0.3, 0.4) is 0 Å². The van der Waals surface area contributed by atoms with E-state index in [-0.39, 0.29) is 23.9 Å². The van der Waals surface area contributed by atoms with Crippen LogP contribution in [0.2, 0.25) is 0 Å². The number of aromatic amines is 1. The van der Waals surface area contributed by atoms with Crippen molar-refractivity contribution in [3.63, 3.8) is 0 Å². The standard InChI is InChI=1S/C23H19F2N3O.ClH/c24-18-10-17-16-5-4-13(8-20(16)28-21(17)11-19(18)25)12-27-22(29)14-2-1-3-15(9-14)23(26)6-7-23;/h1-5,8-11,28H,6-7,12,26H2,(H,27,29);1H. The molecule has 4 N–H and O–H groups in total. The van der Waals surface area contributed by atoms with Gasteiger partial charge in [0.15, 0.2) is 11.6 Å². The molecule has 1 saturated carbocycles. The molecular formula is C23H20ClF2N3O. The number of halogens is 3. The number of amides is 1. The van der Waals surface area contributed by atoms with Crippen molar-refractivity contribution in [1.29, 1.82) is 0 Å². The van der Waals surface area contributed by atoms with Gasteiger partial charge in [-0.3, -0.25) is 4.79 Å². The fraction of sp³-hybridized carbons (Fsp3) is 0.174. The molecule has 0 saturated heterocycles. The first-order valence-corrected chi connectivity index (χ1v) is 9.50. The van der Waals surface area contributed by atoms with Gasteiger partial charge >= 0.3 is 0 Å². The quantitative estimate of drug-likeness (QED) is 0.433. The molecule has 4 nitrogen and oxygen atoms in total. The topological polar surface area (TPSA) is 70.9 Å². The highest BCUT2D eigenvalue weighted by Gasteiger charge is 2.40. The van der Waals surface area contributed by atoms with Crippen LogP contribution in [-0.2, 0) is 12.1 Å². The van der Waals surface area contributed by atoms with E-state index in [1.54, 1.807) is 6.07 Å². The highest BCUT2D eigenvalue weighted by molar-refractivity contribution is 6.07. The number of benzene rings is 3. The normalized spacial score (nSPS) is 14.5. The second-order valence-electron chi connectivity index (χ2n) is 7.74. The summed E-state index contributed by atoms with van der Waals surface area (Å²) in [5.41, 5.74) is 9.69. The minimum atomic E-state index is -0.885. The number of H-pyrrole nitrogens is 1.